The van der Waals surface area contributed by atoms with Gasteiger partial charge >= 0.3 is 12.0 Å². The van der Waals surface area contributed by atoms with Crippen LogP contribution in [0, 0.1) is 6.92 Å². The van der Waals surface area contributed by atoms with E-state index in [1.54, 1.807) is 6.92 Å². The highest BCUT2D eigenvalue weighted by Crippen LogP contribution is 2.12. The van der Waals surface area contributed by atoms with Crippen LogP contribution in [0.2, 0.25) is 0 Å². The molecule has 1 rings (SSSR count). The quantitative estimate of drug-likeness (QED) is 0.803. The van der Waals surface area contributed by atoms with E-state index in [-0.39, 0.29) is 0 Å². The maximum Gasteiger partial charge on any atom is 0.329 e. The van der Waals surface area contributed by atoms with E-state index in [1.165, 1.54) is 20.9 Å². The Kier molecular flexibility index (Phi) is 4.47. The summed E-state index contributed by atoms with van der Waals surface area (Å²) in [5.74, 6) is -0.109. The van der Waals surface area contributed by atoms with Gasteiger partial charge in [0.1, 0.15) is 5.54 Å². The van der Waals surface area contributed by atoms with Crippen molar-refractivity contribution < 1.29 is 19.2 Å². The number of hydrogen-bond acceptors (Lipinski definition) is 5. The van der Waals surface area contributed by atoms with Crippen LogP contribution in [0.1, 0.15) is 25.6 Å². The van der Waals surface area contributed by atoms with Gasteiger partial charge in [-0.2, -0.15) is 4.98 Å². The number of aromatic nitrogens is 2. The maximum atomic E-state index is 11.8. The van der Waals surface area contributed by atoms with Crippen molar-refractivity contribution in [3.05, 3.63) is 11.7 Å². The van der Waals surface area contributed by atoms with Gasteiger partial charge in [0.2, 0.25) is 5.89 Å². The molecule has 0 unspecified atom stereocenters. The number of aliphatic carboxylic acids is 1. The molecule has 1 aromatic heterocycles. The van der Waals surface area contributed by atoms with Gasteiger partial charge in [0.25, 0.3) is 0 Å². The summed E-state index contributed by atoms with van der Waals surface area (Å²) in [6, 6.07) is -0.465. The minimum atomic E-state index is -1.27. The van der Waals surface area contributed by atoms with Crippen molar-refractivity contribution in [1.29, 1.82) is 0 Å². The first-order valence-electron chi connectivity index (χ1n) is 5.79. The Balaban J connectivity index is 2.45. The van der Waals surface area contributed by atoms with Crippen molar-refractivity contribution in [3.63, 3.8) is 0 Å². The second-order valence-corrected chi connectivity index (χ2v) is 4.63. The second-order valence-electron chi connectivity index (χ2n) is 4.63. The lowest BCUT2D eigenvalue weighted by atomic mass is 10.1. The van der Waals surface area contributed by atoms with Crippen LogP contribution >= 0.6 is 0 Å². The highest BCUT2D eigenvalue weighted by molar-refractivity contribution is 5.85. The zero-order chi connectivity index (χ0) is 14.6. The zero-order valence-electron chi connectivity index (χ0n) is 11.4. The minimum Gasteiger partial charge on any atom is -0.480 e. The van der Waals surface area contributed by atoms with E-state index < -0.39 is 17.5 Å². The molecule has 2 N–H and O–H groups in total. The first-order valence-corrected chi connectivity index (χ1v) is 5.79. The molecule has 2 amide bonds. The van der Waals surface area contributed by atoms with Crippen molar-refractivity contribution in [2.45, 2.75) is 32.7 Å². The zero-order valence-corrected chi connectivity index (χ0v) is 11.4. The van der Waals surface area contributed by atoms with Gasteiger partial charge in [-0.15, -0.1) is 0 Å². The molecule has 0 aliphatic rings. The number of amides is 2. The van der Waals surface area contributed by atoms with Gasteiger partial charge in [0.15, 0.2) is 5.82 Å². The summed E-state index contributed by atoms with van der Waals surface area (Å²) in [5.41, 5.74) is -1.27. The Morgan fingerprint density at radius 2 is 2.11 bits per heavy atom. The van der Waals surface area contributed by atoms with Gasteiger partial charge in [-0.1, -0.05) is 5.16 Å². The molecule has 0 aliphatic heterocycles. The summed E-state index contributed by atoms with van der Waals surface area (Å²) in [6.07, 6.45) is 0.421. The van der Waals surface area contributed by atoms with E-state index in [2.05, 4.69) is 15.5 Å². The second kappa shape index (κ2) is 5.68. The fraction of sp³-hybridized carbons (Fsp3) is 0.636. The number of nitrogens with zero attached hydrogens (tertiary/aromatic N) is 3. The number of hydrogen-bond donors (Lipinski definition) is 2. The Hall–Kier alpha value is -2.12. The summed E-state index contributed by atoms with van der Waals surface area (Å²) in [5, 5.41) is 15.3. The van der Waals surface area contributed by atoms with Gasteiger partial charge in [-0.05, 0) is 13.8 Å². The van der Waals surface area contributed by atoms with Crippen LogP contribution < -0.4 is 5.32 Å². The number of nitrogens with one attached hydrogen (secondary N) is 1. The SMILES string of the molecule is Cc1nc(CCNC(=O)N(C)C(C)(C)C(=O)O)no1. The third kappa shape index (κ3) is 3.67. The highest BCUT2D eigenvalue weighted by atomic mass is 16.5. The summed E-state index contributed by atoms with van der Waals surface area (Å²) in [7, 11) is 1.43. The lowest BCUT2D eigenvalue weighted by Gasteiger charge is -2.31. The van der Waals surface area contributed by atoms with Crippen LogP contribution in [-0.4, -0.2) is 51.3 Å². The molecule has 0 bridgehead atoms. The average molecular weight is 270 g/mol. The van der Waals surface area contributed by atoms with Crippen molar-refractivity contribution in [1.82, 2.24) is 20.4 Å². The summed E-state index contributed by atoms with van der Waals surface area (Å²) in [4.78, 5) is 27.9. The molecular weight excluding hydrogens is 252 g/mol. The van der Waals surface area contributed by atoms with Crippen molar-refractivity contribution in [2.24, 2.45) is 0 Å². The van der Waals surface area contributed by atoms with E-state index in [0.717, 1.165) is 4.90 Å². The third-order valence-electron chi connectivity index (χ3n) is 2.86. The fourth-order valence-electron chi connectivity index (χ4n) is 1.24. The lowest BCUT2D eigenvalue weighted by Crippen LogP contribution is -2.54. The predicted octanol–water partition coefficient (Wildman–Crippen LogP) is 0.425. The number of aryl methyl sites for hydroxylation is 1. The average Bonchev–Trinajstić information content (AvgIpc) is 2.73. The standard InChI is InChI=1S/C11H18N4O4/c1-7-13-8(14-19-7)5-6-12-10(18)15(4)11(2,3)9(16)17/h5-6H2,1-4H3,(H,12,18)(H,16,17). The van der Waals surface area contributed by atoms with Crippen LogP contribution in [-0.2, 0) is 11.2 Å². The van der Waals surface area contributed by atoms with E-state index >= 15 is 0 Å². The van der Waals surface area contributed by atoms with Crippen molar-refractivity contribution in [2.75, 3.05) is 13.6 Å². The molecule has 1 aromatic rings. The van der Waals surface area contributed by atoms with Crippen LogP contribution in [0.25, 0.3) is 0 Å². The number of carbonyl (C=O) groups is 2. The summed E-state index contributed by atoms with van der Waals surface area (Å²) < 4.78 is 4.79. The molecule has 0 aliphatic carbocycles. The van der Waals surface area contributed by atoms with E-state index in [4.69, 9.17) is 9.63 Å². The molecule has 0 atom stereocenters. The van der Waals surface area contributed by atoms with E-state index in [1.807, 2.05) is 0 Å². The van der Waals surface area contributed by atoms with Crippen LogP contribution in [0.15, 0.2) is 4.52 Å². The Morgan fingerprint density at radius 1 is 1.47 bits per heavy atom. The molecule has 8 nitrogen and oxygen atoms in total. The molecule has 0 saturated carbocycles. The van der Waals surface area contributed by atoms with Crippen molar-refractivity contribution >= 4 is 12.0 Å². The molecule has 0 fully saturated rings. The molecule has 0 aromatic carbocycles. The number of likely N-dealkylation sites (N-methyl/N-ethyl adjacent to an activating group) is 1. The van der Waals surface area contributed by atoms with E-state index in [9.17, 15) is 9.59 Å². The van der Waals surface area contributed by atoms with E-state index in [0.29, 0.717) is 24.7 Å². The Bertz CT molecular complexity index is 469. The smallest absolute Gasteiger partial charge is 0.329 e. The highest BCUT2D eigenvalue weighted by Gasteiger charge is 2.35. The number of rotatable bonds is 5. The first kappa shape index (κ1) is 14.9. The van der Waals surface area contributed by atoms with Crippen LogP contribution in [0.5, 0.6) is 0 Å². The third-order valence-corrected chi connectivity index (χ3v) is 2.86. The van der Waals surface area contributed by atoms with Gasteiger partial charge < -0.3 is 19.8 Å². The van der Waals surface area contributed by atoms with Gasteiger partial charge in [-0.3, -0.25) is 0 Å². The summed E-state index contributed by atoms with van der Waals surface area (Å²) >= 11 is 0. The van der Waals surface area contributed by atoms with Gasteiger partial charge in [0, 0.05) is 26.9 Å². The maximum absolute atomic E-state index is 11.8. The fourth-order valence-corrected chi connectivity index (χ4v) is 1.24. The Morgan fingerprint density at radius 3 is 2.58 bits per heavy atom. The minimum absolute atomic E-state index is 0.303. The number of urea groups is 1. The van der Waals surface area contributed by atoms with Gasteiger partial charge in [0.05, 0.1) is 0 Å². The lowest BCUT2D eigenvalue weighted by molar-refractivity contribution is -0.146. The van der Waals surface area contributed by atoms with Crippen molar-refractivity contribution in [3.8, 4) is 0 Å². The molecular formula is C11H18N4O4. The largest absolute Gasteiger partial charge is 0.480 e. The first-order chi connectivity index (χ1) is 8.75. The normalized spacial score (nSPS) is 11.2. The molecule has 1 heterocycles. The topological polar surface area (TPSA) is 109 Å². The number of carboxylic acid groups (broad SMARTS) is 1. The Labute approximate surface area is 110 Å². The van der Waals surface area contributed by atoms with Gasteiger partial charge in [-0.25, -0.2) is 9.59 Å². The number of carbonyl (C=O) groups excluding carboxylic acids is 1. The molecule has 19 heavy (non-hydrogen) atoms. The predicted molar refractivity (Wildman–Crippen MR) is 65.6 cm³/mol. The summed E-state index contributed by atoms with van der Waals surface area (Å²) in [6.45, 7) is 4.89. The molecule has 0 radical (unpaired) electrons. The van der Waals surface area contributed by atoms with Crippen LogP contribution in [0.3, 0.4) is 0 Å². The molecule has 0 saturated heterocycles. The molecule has 0 spiro atoms. The monoisotopic (exact) mass is 270 g/mol. The molecule has 106 valence electrons. The molecule has 8 heteroatoms. The number of carboxylic acids is 1. The van der Waals surface area contributed by atoms with Crippen LogP contribution in [0.4, 0.5) is 4.79 Å².